The third-order valence-electron chi connectivity index (χ3n) is 2.48. The first kappa shape index (κ1) is 14.9. The minimum Gasteiger partial charge on any atom is -0.381 e. The molecule has 6 heteroatoms. The first-order valence-electron chi connectivity index (χ1n) is 5.81. The van der Waals surface area contributed by atoms with Crippen LogP contribution in [0.5, 0.6) is 0 Å². The number of hydrogen-bond donors (Lipinski definition) is 1. The van der Waals surface area contributed by atoms with Crippen molar-refractivity contribution >= 4 is 0 Å². The molecule has 0 aliphatic rings. The van der Waals surface area contributed by atoms with Gasteiger partial charge in [-0.3, -0.25) is 4.98 Å². The highest BCUT2D eigenvalue weighted by Gasteiger charge is 2.34. The standard InChI is InChI=1S/C12H17F3N2O/c1-2-6-18-7-4-11(16)9-8-17-5-3-10(9)12(13,14)15/h3,5,8,11H,2,4,6-7,16H2,1H3. The van der Waals surface area contributed by atoms with Crippen molar-refractivity contribution in [3.8, 4) is 0 Å². The number of alkyl halides is 3. The first-order valence-corrected chi connectivity index (χ1v) is 5.81. The van der Waals surface area contributed by atoms with Crippen molar-refractivity contribution < 1.29 is 17.9 Å². The summed E-state index contributed by atoms with van der Waals surface area (Å²) in [5.74, 6) is 0. The zero-order valence-corrected chi connectivity index (χ0v) is 10.2. The maximum absolute atomic E-state index is 12.7. The number of ether oxygens (including phenoxy) is 1. The number of rotatable bonds is 6. The highest BCUT2D eigenvalue weighted by molar-refractivity contribution is 5.28. The highest BCUT2D eigenvalue weighted by Crippen LogP contribution is 2.34. The SMILES string of the molecule is CCCOCCC(N)c1cnccc1C(F)(F)F. The Hall–Kier alpha value is -1.14. The molecular formula is C12H17F3N2O. The predicted molar refractivity (Wildman–Crippen MR) is 61.9 cm³/mol. The Kier molecular flexibility index (Phi) is 5.55. The minimum atomic E-state index is -4.40. The van der Waals surface area contributed by atoms with Crippen LogP contribution in [-0.2, 0) is 10.9 Å². The summed E-state index contributed by atoms with van der Waals surface area (Å²) in [6.45, 7) is 2.90. The summed E-state index contributed by atoms with van der Waals surface area (Å²) in [5, 5.41) is 0. The normalized spacial score (nSPS) is 13.6. The molecule has 0 spiro atoms. The Bertz CT molecular complexity index is 369. The lowest BCUT2D eigenvalue weighted by atomic mass is 10.0. The summed E-state index contributed by atoms with van der Waals surface area (Å²) in [4.78, 5) is 3.70. The number of halogens is 3. The molecule has 0 aromatic carbocycles. The van der Waals surface area contributed by atoms with E-state index in [0.717, 1.165) is 18.7 Å². The fourth-order valence-corrected chi connectivity index (χ4v) is 1.57. The molecule has 1 aromatic rings. The lowest BCUT2D eigenvalue weighted by Crippen LogP contribution is -2.19. The molecular weight excluding hydrogens is 245 g/mol. The van der Waals surface area contributed by atoms with Gasteiger partial charge in [-0.1, -0.05) is 6.92 Å². The molecule has 102 valence electrons. The quantitative estimate of drug-likeness (QED) is 0.802. The molecule has 0 radical (unpaired) electrons. The Morgan fingerprint density at radius 1 is 1.39 bits per heavy atom. The van der Waals surface area contributed by atoms with Crippen molar-refractivity contribution in [2.45, 2.75) is 32.0 Å². The van der Waals surface area contributed by atoms with Crippen LogP contribution in [0.4, 0.5) is 13.2 Å². The second kappa shape index (κ2) is 6.70. The molecule has 0 saturated carbocycles. The first-order chi connectivity index (χ1) is 8.46. The molecule has 0 bridgehead atoms. The van der Waals surface area contributed by atoms with Gasteiger partial charge in [0.25, 0.3) is 0 Å². The molecule has 1 rings (SSSR count). The topological polar surface area (TPSA) is 48.1 Å². The summed E-state index contributed by atoms with van der Waals surface area (Å²) >= 11 is 0. The van der Waals surface area contributed by atoms with Gasteiger partial charge >= 0.3 is 6.18 Å². The number of pyridine rings is 1. The fraction of sp³-hybridized carbons (Fsp3) is 0.583. The van der Waals surface area contributed by atoms with Crippen LogP contribution in [0.2, 0.25) is 0 Å². The number of hydrogen-bond acceptors (Lipinski definition) is 3. The molecule has 3 nitrogen and oxygen atoms in total. The zero-order chi connectivity index (χ0) is 13.6. The smallest absolute Gasteiger partial charge is 0.381 e. The van der Waals surface area contributed by atoms with Crippen LogP contribution >= 0.6 is 0 Å². The van der Waals surface area contributed by atoms with E-state index in [1.54, 1.807) is 0 Å². The van der Waals surface area contributed by atoms with Gasteiger partial charge in [0, 0.05) is 31.6 Å². The Labute approximate surface area is 104 Å². The molecule has 0 saturated heterocycles. The van der Waals surface area contributed by atoms with Gasteiger partial charge in [0.2, 0.25) is 0 Å². The summed E-state index contributed by atoms with van der Waals surface area (Å²) in [5.41, 5.74) is 5.05. The molecule has 0 fully saturated rings. The van der Waals surface area contributed by atoms with E-state index in [4.69, 9.17) is 10.5 Å². The molecule has 1 aromatic heterocycles. The lowest BCUT2D eigenvalue weighted by Gasteiger charge is -2.17. The maximum atomic E-state index is 12.7. The second-order valence-corrected chi connectivity index (χ2v) is 3.97. The molecule has 0 aliphatic heterocycles. The van der Waals surface area contributed by atoms with Gasteiger partial charge in [-0.25, -0.2) is 0 Å². The molecule has 0 aliphatic carbocycles. The van der Waals surface area contributed by atoms with Crippen molar-refractivity contribution in [1.82, 2.24) is 4.98 Å². The van der Waals surface area contributed by atoms with Gasteiger partial charge in [0.1, 0.15) is 0 Å². The minimum absolute atomic E-state index is 0.0186. The molecule has 0 amide bonds. The lowest BCUT2D eigenvalue weighted by molar-refractivity contribution is -0.138. The van der Waals surface area contributed by atoms with Crippen LogP contribution in [-0.4, -0.2) is 18.2 Å². The monoisotopic (exact) mass is 262 g/mol. The average molecular weight is 262 g/mol. The van der Waals surface area contributed by atoms with Crippen LogP contribution in [0.1, 0.15) is 36.9 Å². The molecule has 1 heterocycles. The Balaban J connectivity index is 2.70. The Morgan fingerprint density at radius 2 is 2.11 bits per heavy atom. The highest BCUT2D eigenvalue weighted by atomic mass is 19.4. The van der Waals surface area contributed by atoms with Gasteiger partial charge < -0.3 is 10.5 Å². The molecule has 1 atom stereocenters. The van der Waals surface area contributed by atoms with Crippen molar-refractivity contribution in [3.05, 3.63) is 29.6 Å². The van der Waals surface area contributed by atoms with Gasteiger partial charge in [0.05, 0.1) is 5.56 Å². The van der Waals surface area contributed by atoms with Crippen LogP contribution in [0.3, 0.4) is 0 Å². The number of aromatic nitrogens is 1. The van der Waals surface area contributed by atoms with Crippen molar-refractivity contribution in [2.75, 3.05) is 13.2 Å². The molecule has 18 heavy (non-hydrogen) atoms. The van der Waals surface area contributed by atoms with E-state index in [-0.39, 0.29) is 5.56 Å². The van der Waals surface area contributed by atoms with Gasteiger partial charge in [0.15, 0.2) is 0 Å². The van der Waals surface area contributed by atoms with Crippen LogP contribution in [0.25, 0.3) is 0 Å². The van der Waals surface area contributed by atoms with E-state index in [1.165, 1.54) is 6.20 Å². The molecule has 1 unspecified atom stereocenters. The maximum Gasteiger partial charge on any atom is 0.416 e. The molecule has 2 N–H and O–H groups in total. The number of nitrogens with two attached hydrogens (primary N) is 1. The largest absolute Gasteiger partial charge is 0.416 e. The van der Waals surface area contributed by atoms with E-state index in [0.29, 0.717) is 19.6 Å². The van der Waals surface area contributed by atoms with Gasteiger partial charge in [-0.05, 0) is 24.5 Å². The second-order valence-electron chi connectivity index (χ2n) is 3.97. The third kappa shape index (κ3) is 4.27. The van der Waals surface area contributed by atoms with Gasteiger partial charge in [-0.15, -0.1) is 0 Å². The van der Waals surface area contributed by atoms with Crippen molar-refractivity contribution in [1.29, 1.82) is 0 Å². The van der Waals surface area contributed by atoms with E-state index in [2.05, 4.69) is 4.98 Å². The third-order valence-corrected chi connectivity index (χ3v) is 2.48. The summed E-state index contributed by atoms with van der Waals surface area (Å²) in [6.07, 6.45) is -0.898. The van der Waals surface area contributed by atoms with Crippen LogP contribution in [0.15, 0.2) is 18.5 Å². The van der Waals surface area contributed by atoms with Crippen molar-refractivity contribution in [3.63, 3.8) is 0 Å². The number of nitrogens with zero attached hydrogens (tertiary/aromatic N) is 1. The Morgan fingerprint density at radius 3 is 2.72 bits per heavy atom. The van der Waals surface area contributed by atoms with E-state index in [9.17, 15) is 13.2 Å². The van der Waals surface area contributed by atoms with Gasteiger partial charge in [-0.2, -0.15) is 13.2 Å². The average Bonchev–Trinajstić information content (AvgIpc) is 2.33. The zero-order valence-electron chi connectivity index (χ0n) is 10.2. The summed E-state index contributed by atoms with van der Waals surface area (Å²) in [6, 6.07) is 0.231. The van der Waals surface area contributed by atoms with E-state index in [1.807, 2.05) is 6.92 Å². The predicted octanol–water partition coefficient (Wildman–Crippen LogP) is 2.92. The van der Waals surface area contributed by atoms with E-state index < -0.39 is 17.8 Å². The van der Waals surface area contributed by atoms with E-state index >= 15 is 0 Å². The van der Waals surface area contributed by atoms with Crippen LogP contribution < -0.4 is 5.73 Å². The van der Waals surface area contributed by atoms with Crippen molar-refractivity contribution in [2.24, 2.45) is 5.73 Å². The summed E-state index contributed by atoms with van der Waals surface area (Å²) in [7, 11) is 0. The fourth-order valence-electron chi connectivity index (χ4n) is 1.57. The van der Waals surface area contributed by atoms with Crippen LogP contribution in [0, 0.1) is 0 Å². The summed E-state index contributed by atoms with van der Waals surface area (Å²) < 4.78 is 43.4.